The summed E-state index contributed by atoms with van der Waals surface area (Å²) in [4.78, 5) is 4.10. The van der Waals surface area contributed by atoms with Gasteiger partial charge < -0.3 is 45.3 Å². The predicted octanol–water partition coefficient (Wildman–Crippen LogP) is 4.94. The number of benzene rings is 3. The van der Waals surface area contributed by atoms with Gasteiger partial charge in [0.25, 0.3) is 0 Å². The lowest BCUT2D eigenvalue weighted by molar-refractivity contribution is 0.0942. The van der Waals surface area contributed by atoms with Gasteiger partial charge in [-0.3, -0.25) is 4.98 Å². The smallest absolute Gasteiger partial charge is 0.142 e. The Morgan fingerprint density at radius 3 is 2.39 bits per heavy atom. The van der Waals surface area contributed by atoms with E-state index in [9.17, 15) is 20.6 Å². The van der Waals surface area contributed by atoms with Gasteiger partial charge in [0, 0.05) is 53.8 Å². The maximum Gasteiger partial charge on any atom is 0.142 e. The van der Waals surface area contributed by atoms with Gasteiger partial charge in [0.15, 0.2) is 0 Å². The Morgan fingerprint density at radius 2 is 1.65 bits per heavy atom. The molecular weight excluding hydrogens is 695 g/mol. The molecule has 3 aromatic carbocycles. The van der Waals surface area contributed by atoms with Crippen molar-refractivity contribution in [1.29, 1.82) is 5.26 Å². The van der Waals surface area contributed by atoms with Crippen LogP contribution in [0.25, 0.3) is 11.1 Å². The second-order valence-electron chi connectivity index (χ2n) is 12.3. The normalized spacial score (nSPS) is 12.0. The van der Waals surface area contributed by atoms with Gasteiger partial charge in [-0.25, -0.2) is 0 Å². The molecule has 0 unspecified atom stereocenters. The molecule has 0 fully saturated rings. The Balaban J connectivity index is 1.50. The Morgan fingerprint density at radius 1 is 0.902 bits per heavy atom. The summed E-state index contributed by atoms with van der Waals surface area (Å²) in [7, 11) is 0. The molecule has 11 nitrogen and oxygen atoms in total. The number of nitriles is 1. The second-order valence-corrected chi connectivity index (χ2v) is 13.1. The van der Waals surface area contributed by atoms with Crippen LogP contribution < -0.4 is 24.8 Å². The summed E-state index contributed by atoms with van der Waals surface area (Å²) in [5, 5.41) is 54.3. The Bertz CT molecular complexity index is 1780. The maximum atomic E-state index is 9.77. The number of rotatable bonds is 20. The fraction of sp³-hybridized carbons (Fsp3) is 0.368. The minimum Gasteiger partial charge on any atom is -0.493 e. The fourth-order valence-electron chi connectivity index (χ4n) is 5.05. The fourth-order valence-corrected chi connectivity index (χ4v) is 5.57. The zero-order valence-corrected chi connectivity index (χ0v) is 30.2. The summed E-state index contributed by atoms with van der Waals surface area (Å²) in [5.41, 5.74) is 4.25. The number of aliphatic hydroxyl groups excluding tert-OH is 4. The Kier molecular flexibility index (Phi) is 15.3. The quantitative estimate of drug-likeness (QED) is 0.0680. The molecule has 1 atom stereocenters. The van der Waals surface area contributed by atoms with Crippen LogP contribution in [0, 0.1) is 18.3 Å². The van der Waals surface area contributed by atoms with Crippen molar-refractivity contribution < 1.29 is 34.6 Å². The Hall–Kier alpha value is -3.96. The van der Waals surface area contributed by atoms with E-state index in [0.29, 0.717) is 57.9 Å². The molecular formula is C38H44Cl2N4O7. The number of pyridine rings is 1. The number of halogens is 2. The van der Waals surface area contributed by atoms with Crippen molar-refractivity contribution in [1.82, 2.24) is 15.6 Å². The number of aliphatic hydroxyl groups is 4. The molecule has 51 heavy (non-hydrogen) atoms. The lowest BCUT2D eigenvalue weighted by atomic mass is 9.98. The molecule has 0 saturated heterocycles. The first-order valence-electron chi connectivity index (χ1n) is 16.5. The molecule has 0 spiro atoms. The Labute approximate surface area is 308 Å². The van der Waals surface area contributed by atoms with Crippen LogP contribution in [0.2, 0.25) is 10.0 Å². The summed E-state index contributed by atoms with van der Waals surface area (Å²) >= 11 is 13.7. The zero-order valence-electron chi connectivity index (χ0n) is 28.7. The van der Waals surface area contributed by atoms with Crippen LogP contribution in [-0.2, 0) is 19.8 Å². The highest BCUT2D eigenvalue weighted by molar-refractivity contribution is 6.34. The summed E-state index contributed by atoms with van der Waals surface area (Å²) < 4.78 is 18.4. The van der Waals surface area contributed by atoms with Gasteiger partial charge in [0.2, 0.25) is 0 Å². The van der Waals surface area contributed by atoms with Crippen molar-refractivity contribution in [3.63, 3.8) is 0 Å². The van der Waals surface area contributed by atoms with Crippen LogP contribution >= 0.6 is 23.2 Å². The van der Waals surface area contributed by atoms with E-state index in [1.807, 2.05) is 43.3 Å². The van der Waals surface area contributed by atoms with Crippen LogP contribution in [0.4, 0.5) is 0 Å². The van der Waals surface area contributed by atoms with Crippen LogP contribution in [0.15, 0.2) is 67.0 Å². The number of ether oxygens (including phenoxy) is 3. The van der Waals surface area contributed by atoms with E-state index in [4.69, 9.17) is 42.5 Å². The van der Waals surface area contributed by atoms with Crippen molar-refractivity contribution >= 4 is 23.2 Å². The maximum absolute atomic E-state index is 9.77. The van der Waals surface area contributed by atoms with E-state index in [-0.39, 0.29) is 39.6 Å². The average molecular weight is 740 g/mol. The molecule has 0 aliphatic carbocycles. The van der Waals surface area contributed by atoms with E-state index < -0.39 is 11.6 Å². The van der Waals surface area contributed by atoms with Crippen molar-refractivity contribution in [3.8, 4) is 34.4 Å². The molecule has 0 saturated carbocycles. The third-order valence-electron chi connectivity index (χ3n) is 8.22. The average Bonchev–Trinajstić information content (AvgIpc) is 3.15. The van der Waals surface area contributed by atoms with E-state index in [2.05, 4.69) is 21.7 Å². The van der Waals surface area contributed by atoms with Crippen molar-refractivity contribution in [2.45, 2.75) is 51.7 Å². The second kappa shape index (κ2) is 19.6. The lowest BCUT2D eigenvalue weighted by Crippen LogP contribution is -2.48. The largest absolute Gasteiger partial charge is 0.493 e. The van der Waals surface area contributed by atoms with Gasteiger partial charge in [-0.2, -0.15) is 5.26 Å². The third-order valence-corrected chi connectivity index (χ3v) is 8.96. The predicted molar refractivity (Wildman–Crippen MR) is 196 cm³/mol. The van der Waals surface area contributed by atoms with Crippen LogP contribution in [-0.4, -0.2) is 76.6 Å². The van der Waals surface area contributed by atoms with Gasteiger partial charge in [-0.1, -0.05) is 53.5 Å². The first-order chi connectivity index (χ1) is 24.6. The number of hydrogen-bond acceptors (Lipinski definition) is 11. The van der Waals surface area contributed by atoms with Crippen molar-refractivity contribution in [2.75, 3.05) is 39.5 Å². The minimum absolute atomic E-state index is 0.109. The van der Waals surface area contributed by atoms with Gasteiger partial charge in [-0.05, 0) is 56.1 Å². The van der Waals surface area contributed by atoms with Gasteiger partial charge in [-0.15, -0.1) is 0 Å². The zero-order chi connectivity index (χ0) is 36.8. The first kappa shape index (κ1) is 39.8. The van der Waals surface area contributed by atoms with Crippen LogP contribution in [0.5, 0.6) is 17.2 Å². The summed E-state index contributed by atoms with van der Waals surface area (Å²) in [6.07, 6.45) is 3.03. The molecule has 1 heterocycles. The third kappa shape index (κ3) is 11.3. The van der Waals surface area contributed by atoms with Gasteiger partial charge >= 0.3 is 0 Å². The first-order valence-corrected chi connectivity index (χ1v) is 17.3. The van der Waals surface area contributed by atoms with Crippen molar-refractivity contribution in [2.24, 2.45) is 0 Å². The summed E-state index contributed by atoms with van der Waals surface area (Å²) in [5.74, 6) is 1.55. The molecule has 0 amide bonds. The SMILES string of the molecule is Cc1c(OCCCNC[C@H](O)CO)cccc1-c1cccc(COc2cc(OCc3cncc(C#N)c3)c(CNC(C)(CO)CO)cc2Cl)c1Cl. The summed E-state index contributed by atoms with van der Waals surface area (Å²) in [6.45, 7) is 4.72. The molecule has 0 aliphatic rings. The number of aromatic nitrogens is 1. The molecule has 13 heteroatoms. The highest BCUT2D eigenvalue weighted by atomic mass is 35.5. The van der Waals surface area contributed by atoms with E-state index >= 15 is 0 Å². The standard InChI is InChI=1S/C38H44Cl2N4O7/c1-25-31(7-4-9-34(25)49-11-5-10-42-19-30(48)20-45)32-8-3-6-28(37(32)40)22-51-36-14-35(50-21-27-12-26(15-41)16-43-17-27)29(13-33(36)39)18-44-38(2,23-46)24-47/h3-4,6-9,12-14,16-17,30,42,44-48H,5,10-11,18-24H2,1-2H3/t30-/m0/s1. The van der Waals surface area contributed by atoms with E-state index in [0.717, 1.165) is 34.4 Å². The lowest BCUT2D eigenvalue weighted by Gasteiger charge is -2.27. The van der Waals surface area contributed by atoms with Gasteiger partial charge in [0.1, 0.15) is 36.5 Å². The highest BCUT2D eigenvalue weighted by Crippen LogP contribution is 2.38. The molecule has 0 aliphatic heterocycles. The minimum atomic E-state index is -0.931. The number of nitrogens with one attached hydrogen (secondary N) is 2. The molecule has 0 bridgehead atoms. The molecule has 4 aromatic rings. The van der Waals surface area contributed by atoms with Crippen LogP contribution in [0.3, 0.4) is 0 Å². The van der Waals surface area contributed by atoms with Crippen LogP contribution in [0.1, 0.15) is 41.2 Å². The topological polar surface area (TPSA) is 169 Å². The van der Waals surface area contributed by atoms with E-state index in [1.54, 1.807) is 31.3 Å². The molecule has 6 N–H and O–H groups in total. The highest BCUT2D eigenvalue weighted by Gasteiger charge is 2.23. The number of hydrogen-bond donors (Lipinski definition) is 6. The molecule has 1 aromatic heterocycles. The van der Waals surface area contributed by atoms with E-state index in [1.165, 1.54) is 6.20 Å². The van der Waals surface area contributed by atoms with Gasteiger partial charge in [0.05, 0.1) is 53.7 Å². The molecule has 4 rings (SSSR count). The molecule has 272 valence electrons. The monoisotopic (exact) mass is 738 g/mol. The van der Waals surface area contributed by atoms with Crippen molar-refractivity contribution in [3.05, 3.63) is 105 Å². The molecule has 0 radical (unpaired) electrons. The number of nitrogens with zero attached hydrogens (tertiary/aromatic N) is 2. The summed E-state index contributed by atoms with van der Waals surface area (Å²) in [6, 6.07) is 18.7.